The third kappa shape index (κ3) is 4.05. The molecule has 5 rings (SSSR count). The van der Waals surface area contributed by atoms with Gasteiger partial charge in [-0.1, -0.05) is 35.9 Å². The van der Waals surface area contributed by atoms with Crippen molar-refractivity contribution in [3.8, 4) is 0 Å². The van der Waals surface area contributed by atoms with Crippen molar-refractivity contribution in [2.24, 2.45) is 0 Å². The molecule has 9 heteroatoms. The largest absolute Gasteiger partial charge is 0.342 e. The highest BCUT2D eigenvalue weighted by molar-refractivity contribution is 7.89. The number of aromatic amines is 2. The van der Waals surface area contributed by atoms with Crippen molar-refractivity contribution in [1.82, 2.24) is 24.7 Å². The quantitative estimate of drug-likeness (QED) is 0.357. The van der Waals surface area contributed by atoms with E-state index in [0.29, 0.717) is 23.1 Å². The zero-order chi connectivity index (χ0) is 21.4. The van der Waals surface area contributed by atoms with E-state index in [-0.39, 0.29) is 4.90 Å². The molecule has 0 amide bonds. The Kier molecular flexibility index (Phi) is 4.97. The molecule has 0 saturated carbocycles. The zero-order valence-electron chi connectivity index (χ0n) is 16.2. The fraction of sp³-hybridized carbons (Fsp3) is 0.0909. The van der Waals surface area contributed by atoms with Gasteiger partial charge in [-0.05, 0) is 48.5 Å². The number of nitrogens with one attached hydrogen (secondary N) is 3. The van der Waals surface area contributed by atoms with Crippen molar-refractivity contribution < 1.29 is 8.42 Å². The van der Waals surface area contributed by atoms with Crippen LogP contribution >= 0.6 is 11.6 Å². The first kappa shape index (κ1) is 19.7. The highest BCUT2D eigenvalue weighted by atomic mass is 35.5. The Bertz CT molecular complexity index is 1410. The molecule has 2 heterocycles. The number of para-hydroxylation sites is 4. The van der Waals surface area contributed by atoms with Crippen LogP contribution in [0.15, 0.2) is 77.7 Å². The first-order valence-electron chi connectivity index (χ1n) is 9.64. The van der Waals surface area contributed by atoms with Gasteiger partial charge >= 0.3 is 0 Å². The summed E-state index contributed by atoms with van der Waals surface area (Å²) in [5, 5.41) is 0.468. The normalized spacial score (nSPS) is 13.1. The highest BCUT2D eigenvalue weighted by Gasteiger charge is 2.25. The lowest BCUT2D eigenvalue weighted by molar-refractivity contribution is 0.541. The predicted octanol–water partition coefficient (Wildman–Crippen LogP) is 4.35. The topological polar surface area (TPSA) is 104 Å². The number of imidazole rings is 2. The Hall–Kier alpha value is -3.20. The number of aromatic nitrogens is 4. The van der Waals surface area contributed by atoms with E-state index in [1.165, 1.54) is 12.1 Å². The molecular weight excluding hydrogens is 434 g/mol. The highest BCUT2D eigenvalue weighted by Crippen LogP contribution is 2.23. The van der Waals surface area contributed by atoms with Crippen LogP contribution in [-0.4, -0.2) is 28.4 Å². The van der Waals surface area contributed by atoms with Crippen molar-refractivity contribution in [2.45, 2.75) is 17.4 Å². The van der Waals surface area contributed by atoms with E-state index < -0.39 is 16.1 Å². The fourth-order valence-corrected chi connectivity index (χ4v) is 4.82. The molecule has 7 nitrogen and oxygen atoms in total. The molecule has 1 unspecified atom stereocenters. The first-order valence-corrected chi connectivity index (χ1v) is 11.5. The van der Waals surface area contributed by atoms with Crippen molar-refractivity contribution in [1.29, 1.82) is 0 Å². The molecule has 156 valence electrons. The maximum atomic E-state index is 13.1. The Morgan fingerprint density at radius 1 is 0.839 bits per heavy atom. The summed E-state index contributed by atoms with van der Waals surface area (Å²) in [5.41, 5.74) is 3.30. The summed E-state index contributed by atoms with van der Waals surface area (Å²) in [7, 11) is -3.82. The van der Waals surface area contributed by atoms with Gasteiger partial charge < -0.3 is 9.97 Å². The second-order valence-corrected chi connectivity index (χ2v) is 9.32. The molecule has 0 spiro atoms. The summed E-state index contributed by atoms with van der Waals surface area (Å²) in [6.45, 7) is 0. The lowest BCUT2D eigenvalue weighted by atomic mass is 10.2. The van der Waals surface area contributed by atoms with E-state index >= 15 is 0 Å². The molecule has 0 aliphatic heterocycles. The number of fused-ring (bicyclic) bond motifs is 2. The SMILES string of the molecule is O=S(=O)(NC(Cc1nc2ccccc2[nH]1)c1nc2ccccc2[nH]1)c1ccc(Cl)cc1. The molecule has 3 aromatic carbocycles. The van der Waals surface area contributed by atoms with E-state index in [1.807, 2.05) is 48.5 Å². The van der Waals surface area contributed by atoms with E-state index in [4.69, 9.17) is 11.6 Å². The van der Waals surface area contributed by atoms with Gasteiger partial charge in [-0.2, -0.15) is 0 Å². The zero-order valence-corrected chi connectivity index (χ0v) is 17.8. The molecule has 0 aliphatic carbocycles. The minimum absolute atomic E-state index is 0.127. The number of halogens is 1. The van der Waals surface area contributed by atoms with Gasteiger partial charge in [-0.15, -0.1) is 0 Å². The van der Waals surface area contributed by atoms with Gasteiger partial charge in [-0.3, -0.25) is 0 Å². The van der Waals surface area contributed by atoms with Crippen LogP contribution in [0.3, 0.4) is 0 Å². The molecule has 0 aliphatic rings. The molecule has 3 N–H and O–H groups in total. The molecule has 0 saturated heterocycles. The minimum Gasteiger partial charge on any atom is -0.342 e. The number of sulfonamides is 1. The monoisotopic (exact) mass is 451 g/mol. The van der Waals surface area contributed by atoms with Crippen LogP contribution in [-0.2, 0) is 16.4 Å². The number of hydrogen-bond donors (Lipinski definition) is 3. The average Bonchev–Trinajstić information content (AvgIpc) is 3.37. The maximum absolute atomic E-state index is 13.1. The standard InChI is InChI=1S/C22H18ClN5O2S/c23-14-9-11-15(12-10-14)31(29,30)28-20(22-26-18-7-3-4-8-19(18)27-22)13-21-24-16-5-1-2-6-17(16)25-21/h1-12,20,28H,13H2,(H,24,25)(H,26,27). The smallest absolute Gasteiger partial charge is 0.241 e. The molecule has 1 atom stereocenters. The van der Waals surface area contributed by atoms with Gasteiger partial charge in [0, 0.05) is 11.4 Å². The number of benzene rings is 3. The number of rotatable bonds is 6. The molecular formula is C22H18ClN5O2S. The number of hydrogen-bond acceptors (Lipinski definition) is 4. The van der Waals surface area contributed by atoms with E-state index in [2.05, 4.69) is 24.7 Å². The summed E-state index contributed by atoms with van der Waals surface area (Å²) in [6, 6.07) is 20.6. The number of nitrogens with zero attached hydrogens (tertiary/aromatic N) is 2. The predicted molar refractivity (Wildman–Crippen MR) is 120 cm³/mol. The fourth-order valence-electron chi connectivity index (χ4n) is 3.50. The molecule has 0 fully saturated rings. The molecule has 31 heavy (non-hydrogen) atoms. The third-order valence-electron chi connectivity index (χ3n) is 5.00. The van der Waals surface area contributed by atoms with E-state index in [0.717, 1.165) is 22.1 Å². The molecule has 0 bridgehead atoms. The van der Waals surface area contributed by atoms with Crippen LogP contribution in [0, 0.1) is 0 Å². The Balaban J connectivity index is 1.53. The number of H-pyrrole nitrogens is 2. The van der Waals surface area contributed by atoms with Crippen molar-refractivity contribution >= 4 is 43.7 Å². The molecule has 5 aromatic rings. The Labute approximate surface area is 183 Å². The van der Waals surface area contributed by atoms with Crippen molar-refractivity contribution in [2.75, 3.05) is 0 Å². The van der Waals surface area contributed by atoms with E-state index in [1.54, 1.807) is 12.1 Å². The summed E-state index contributed by atoms with van der Waals surface area (Å²) in [4.78, 5) is 15.8. The van der Waals surface area contributed by atoms with Gasteiger partial charge in [-0.25, -0.2) is 23.1 Å². The van der Waals surface area contributed by atoms with Crippen LogP contribution in [0.5, 0.6) is 0 Å². The van der Waals surface area contributed by atoms with Gasteiger partial charge in [0.15, 0.2) is 0 Å². The van der Waals surface area contributed by atoms with Crippen LogP contribution < -0.4 is 4.72 Å². The first-order chi connectivity index (χ1) is 15.0. The maximum Gasteiger partial charge on any atom is 0.241 e. The third-order valence-corrected chi connectivity index (χ3v) is 6.73. The lowest BCUT2D eigenvalue weighted by Gasteiger charge is -2.16. The van der Waals surface area contributed by atoms with Crippen LogP contribution in [0.2, 0.25) is 5.02 Å². The Morgan fingerprint density at radius 3 is 2.10 bits per heavy atom. The average molecular weight is 452 g/mol. The van der Waals surface area contributed by atoms with Crippen molar-refractivity contribution in [3.63, 3.8) is 0 Å². The molecule has 2 aromatic heterocycles. The van der Waals surface area contributed by atoms with Gasteiger partial charge in [0.1, 0.15) is 11.6 Å². The summed E-state index contributed by atoms with van der Waals surface area (Å²) in [6.07, 6.45) is 0.293. The second kappa shape index (κ2) is 7.81. The van der Waals surface area contributed by atoms with Crippen LogP contribution in [0.4, 0.5) is 0 Å². The van der Waals surface area contributed by atoms with Crippen LogP contribution in [0.25, 0.3) is 22.1 Å². The summed E-state index contributed by atoms with van der Waals surface area (Å²) >= 11 is 5.91. The molecule has 0 radical (unpaired) electrons. The van der Waals surface area contributed by atoms with Gasteiger partial charge in [0.25, 0.3) is 0 Å². The minimum atomic E-state index is -3.82. The lowest BCUT2D eigenvalue weighted by Crippen LogP contribution is -2.31. The van der Waals surface area contributed by atoms with E-state index in [9.17, 15) is 8.42 Å². The summed E-state index contributed by atoms with van der Waals surface area (Å²) in [5.74, 6) is 1.17. The second-order valence-electron chi connectivity index (χ2n) is 7.17. The van der Waals surface area contributed by atoms with Gasteiger partial charge in [0.05, 0.1) is 33.0 Å². The summed E-state index contributed by atoms with van der Waals surface area (Å²) < 4.78 is 28.9. The van der Waals surface area contributed by atoms with Crippen LogP contribution in [0.1, 0.15) is 17.7 Å². The van der Waals surface area contributed by atoms with Crippen molar-refractivity contribution in [3.05, 3.63) is 89.5 Å². The Morgan fingerprint density at radius 2 is 1.45 bits per heavy atom. The van der Waals surface area contributed by atoms with Gasteiger partial charge in [0.2, 0.25) is 10.0 Å².